The van der Waals surface area contributed by atoms with Gasteiger partial charge in [-0.25, -0.2) is 0 Å². The van der Waals surface area contributed by atoms with Gasteiger partial charge in [-0.05, 0) is 69.1 Å². The molecule has 0 bridgehead atoms. The molecule has 0 aliphatic rings. The minimum atomic E-state index is -3.89. The maximum absolute atomic E-state index is 10.1. The number of hydrogen-bond donors (Lipinski definition) is 0. The van der Waals surface area contributed by atoms with Gasteiger partial charge in [-0.1, -0.05) is 158 Å². The van der Waals surface area contributed by atoms with E-state index in [4.69, 9.17) is 6.85 Å². The summed E-state index contributed by atoms with van der Waals surface area (Å²) in [5.74, 6) is 0. The van der Waals surface area contributed by atoms with Crippen molar-refractivity contribution in [2.24, 2.45) is 0 Å². The molecule has 8 aromatic carbocycles. The number of hydrogen-bond acceptors (Lipinski definition) is 0. The predicted octanol–water partition coefficient (Wildman–Crippen LogP) is 9.26. The lowest BCUT2D eigenvalue weighted by Crippen LogP contribution is -2.74. The van der Waals surface area contributed by atoms with Crippen LogP contribution in [0.2, 0.25) is 0 Å². The van der Waals surface area contributed by atoms with Gasteiger partial charge in [-0.3, -0.25) is 0 Å². The molecule has 2 aromatic heterocycles. The number of benzene rings is 8. The quantitative estimate of drug-likeness (QED) is 0.122. The van der Waals surface area contributed by atoms with E-state index in [1.807, 2.05) is 91.0 Å². The van der Waals surface area contributed by atoms with Crippen molar-refractivity contribution in [3.63, 3.8) is 0 Å². The Morgan fingerprint density at radius 1 is 0.373 bits per heavy atom. The van der Waals surface area contributed by atoms with Gasteiger partial charge in [0.1, 0.15) is 0 Å². The van der Waals surface area contributed by atoms with Crippen LogP contribution >= 0.6 is 0 Å². The van der Waals surface area contributed by atoms with Crippen molar-refractivity contribution in [1.29, 1.82) is 0 Å². The van der Waals surface area contributed by atoms with Crippen LogP contribution in [0.15, 0.2) is 206 Å². The van der Waals surface area contributed by atoms with Gasteiger partial charge in [0.2, 0.25) is 0 Å². The van der Waals surface area contributed by atoms with Crippen LogP contribution in [0.5, 0.6) is 0 Å². The fraction of sp³-hybridized carbons (Fsp3) is 0. The summed E-state index contributed by atoms with van der Waals surface area (Å²) in [5, 5.41) is 2.26. The van der Waals surface area contributed by atoms with E-state index in [-0.39, 0.29) is 54.8 Å². The largest absolute Gasteiger partial charge is 0.309 e. The van der Waals surface area contributed by atoms with Gasteiger partial charge in [0.15, 0.2) is 8.07 Å². The zero-order valence-corrected chi connectivity index (χ0v) is 27.9. The lowest BCUT2D eigenvalue weighted by Gasteiger charge is -2.35. The topological polar surface area (TPSA) is 9.86 Å². The molecule has 0 N–H and O–H groups in total. The molecular weight excluding hydrogens is 633 g/mol. The first kappa shape index (κ1) is 18.5. The zero-order valence-electron chi connectivity index (χ0n) is 40.9. The van der Waals surface area contributed by atoms with Crippen molar-refractivity contribution in [2.75, 3.05) is 0 Å². The molecule has 0 unspecified atom stereocenters. The molecule has 51 heavy (non-hydrogen) atoms. The maximum atomic E-state index is 10.1. The van der Waals surface area contributed by atoms with Crippen LogP contribution in [0.25, 0.3) is 55.0 Å². The van der Waals surface area contributed by atoms with Gasteiger partial charge in [0.05, 0.1) is 41.3 Å². The third kappa shape index (κ3) is 4.42. The first-order valence-electron chi connectivity index (χ1n) is 23.5. The van der Waals surface area contributed by atoms with Crippen molar-refractivity contribution in [3.05, 3.63) is 206 Å². The minimum Gasteiger partial charge on any atom is -0.309 e. The molecule has 0 saturated heterocycles. The summed E-state index contributed by atoms with van der Waals surface area (Å²) in [6.45, 7) is 0. The summed E-state index contributed by atoms with van der Waals surface area (Å²) in [5.41, 5.74) is -0.554. The highest BCUT2D eigenvalue weighted by Crippen LogP contribution is 2.37. The van der Waals surface area contributed by atoms with Crippen LogP contribution in [0.3, 0.4) is 0 Å². The average molecular weight is 681 g/mol. The fourth-order valence-corrected chi connectivity index (χ4v) is 12.3. The molecule has 3 heteroatoms. The van der Waals surface area contributed by atoms with Crippen molar-refractivity contribution in [2.45, 2.75) is 0 Å². The number of fused-ring (bicyclic) bond motifs is 6. The highest BCUT2D eigenvalue weighted by Gasteiger charge is 2.43. The highest BCUT2D eigenvalue weighted by atomic mass is 28.3. The fourth-order valence-electron chi connectivity index (χ4n) is 7.53. The molecule has 240 valence electrons. The van der Waals surface area contributed by atoms with Gasteiger partial charge in [0.25, 0.3) is 0 Å². The van der Waals surface area contributed by atoms with Gasteiger partial charge >= 0.3 is 0 Å². The molecule has 0 atom stereocenters. The van der Waals surface area contributed by atoms with Gasteiger partial charge < -0.3 is 9.13 Å². The van der Waals surface area contributed by atoms with E-state index in [1.165, 1.54) is 9.13 Å². The summed E-state index contributed by atoms with van der Waals surface area (Å²) < 4.78 is 134. The van der Waals surface area contributed by atoms with Crippen molar-refractivity contribution in [3.8, 4) is 11.4 Å². The smallest absolute Gasteiger partial charge is 0.180 e. The standard InChI is InChI=1S/C48H34N2Si/c1-5-18-35(19-6-1)49-43-28-15-13-26-40(43)42-34-36(32-33-45(42)49)50-44-29-16-14-27-41(44)48-46(50)30-17-31-47(48)51(37-20-7-2-8-21-37,38-22-9-3-10-23-38)39-24-11-4-12-25-39/h1-34H/i13D,14D,15D,16D,17D,26D,27D,28D,29D,30D,31D,32D,33D,34D. The summed E-state index contributed by atoms with van der Waals surface area (Å²) in [6.07, 6.45) is 0. The zero-order chi connectivity index (χ0) is 46.0. The molecule has 0 aliphatic carbocycles. The molecule has 2 nitrogen and oxygen atoms in total. The highest BCUT2D eigenvalue weighted by molar-refractivity contribution is 7.20. The Morgan fingerprint density at radius 2 is 0.843 bits per heavy atom. The van der Waals surface area contributed by atoms with Crippen LogP contribution in [-0.2, 0) is 0 Å². The van der Waals surface area contributed by atoms with Crippen LogP contribution < -0.4 is 20.7 Å². The van der Waals surface area contributed by atoms with Crippen molar-refractivity contribution in [1.82, 2.24) is 9.13 Å². The third-order valence-corrected chi connectivity index (χ3v) is 14.3. The van der Waals surface area contributed by atoms with Crippen LogP contribution in [0.1, 0.15) is 19.2 Å². The molecule has 0 saturated carbocycles. The Kier molecular flexibility index (Phi) is 4.31. The van der Waals surface area contributed by atoms with E-state index in [0.29, 0.717) is 5.69 Å². The molecule has 2 heterocycles. The second-order valence-electron chi connectivity index (χ2n) is 12.2. The second kappa shape index (κ2) is 11.9. The van der Waals surface area contributed by atoms with Crippen LogP contribution in [0, 0.1) is 0 Å². The number of rotatable bonds is 6. The van der Waals surface area contributed by atoms with E-state index in [0.717, 1.165) is 15.6 Å². The lowest BCUT2D eigenvalue weighted by molar-refractivity contribution is 1.17. The van der Waals surface area contributed by atoms with Gasteiger partial charge in [0, 0.05) is 32.9 Å². The number of nitrogens with zero attached hydrogens (tertiary/aromatic N) is 2. The summed E-state index contributed by atoms with van der Waals surface area (Å²) in [4.78, 5) is 0. The van der Waals surface area contributed by atoms with E-state index in [2.05, 4.69) is 0 Å². The average Bonchev–Trinajstić information content (AvgIpc) is 3.88. The van der Waals surface area contributed by atoms with E-state index >= 15 is 0 Å². The molecular formula is C48H34N2Si. The molecule has 0 spiro atoms. The normalized spacial score (nSPS) is 15.8. The molecule has 10 rings (SSSR count). The molecule has 10 aromatic rings. The Hall–Kier alpha value is -6.42. The second-order valence-corrected chi connectivity index (χ2v) is 16.0. The summed E-state index contributed by atoms with van der Waals surface area (Å²) in [7, 11) is -3.89. The lowest BCUT2D eigenvalue weighted by atomic mass is 10.1. The number of aromatic nitrogens is 2. The minimum absolute atomic E-state index is 0.0417. The first-order chi connectivity index (χ1) is 31.2. The van der Waals surface area contributed by atoms with Gasteiger partial charge in [-0.2, -0.15) is 0 Å². The monoisotopic (exact) mass is 680 g/mol. The summed E-state index contributed by atoms with van der Waals surface area (Å²) >= 11 is 0. The Bertz CT molecular complexity index is 3540. The third-order valence-electron chi connectivity index (χ3n) is 9.60. The Labute approximate surface area is 317 Å². The van der Waals surface area contributed by atoms with Gasteiger partial charge in [-0.15, -0.1) is 0 Å². The molecule has 0 radical (unpaired) electrons. The molecule has 0 fully saturated rings. The Balaban J connectivity index is 1.52. The maximum Gasteiger partial charge on any atom is 0.180 e. The number of para-hydroxylation sites is 3. The van der Waals surface area contributed by atoms with E-state index in [9.17, 15) is 12.3 Å². The molecule has 0 aliphatic heterocycles. The summed E-state index contributed by atoms with van der Waals surface area (Å²) in [6, 6.07) is 29.3. The van der Waals surface area contributed by atoms with E-state index < -0.39 is 92.3 Å². The first-order valence-corrected chi connectivity index (χ1v) is 18.5. The van der Waals surface area contributed by atoms with Crippen molar-refractivity contribution >= 4 is 72.4 Å². The van der Waals surface area contributed by atoms with Crippen LogP contribution in [0.4, 0.5) is 0 Å². The SMILES string of the molecule is [2H]c1c([2H])c([2H])c2c(c1[2H])c1c([2H])c(-n3c4c([2H])c([2H])c([2H])c([2H])c4c4c([Si](c5ccccc5)(c5ccccc5)c5ccccc5)c([2H])c([2H])c([2H])c43)c([2H])c([2H])c1n2-c1ccccc1. The van der Waals surface area contributed by atoms with Crippen molar-refractivity contribution < 1.29 is 19.2 Å². The Morgan fingerprint density at radius 3 is 1.45 bits per heavy atom. The predicted molar refractivity (Wildman–Crippen MR) is 219 cm³/mol. The van der Waals surface area contributed by atoms with Crippen LogP contribution in [-0.4, -0.2) is 17.2 Å². The molecule has 0 amide bonds. The van der Waals surface area contributed by atoms with E-state index in [1.54, 1.807) is 30.3 Å².